The van der Waals surface area contributed by atoms with Gasteiger partial charge in [0, 0.05) is 12.0 Å². The molecule has 0 amide bonds. The van der Waals surface area contributed by atoms with E-state index < -0.39 is 0 Å². The third kappa shape index (κ3) is 2.06. The van der Waals surface area contributed by atoms with Gasteiger partial charge in [-0.1, -0.05) is 0 Å². The van der Waals surface area contributed by atoms with Crippen LogP contribution in [0.15, 0.2) is 12.1 Å². The fourth-order valence-electron chi connectivity index (χ4n) is 2.55. The Balaban J connectivity index is 2.43. The first-order chi connectivity index (χ1) is 8.66. The van der Waals surface area contributed by atoms with E-state index in [2.05, 4.69) is 6.92 Å². The highest BCUT2D eigenvalue weighted by atomic mass is 16.5. The second-order valence-electron chi connectivity index (χ2n) is 4.77. The van der Waals surface area contributed by atoms with Gasteiger partial charge in [0.1, 0.15) is 0 Å². The van der Waals surface area contributed by atoms with Crippen molar-refractivity contribution < 1.29 is 19.3 Å². The Kier molecular flexibility index (Phi) is 3.78. The summed E-state index contributed by atoms with van der Waals surface area (Å²) in [7, 11) is 3.26. The normalized spacial score (nSPS) is 17.1. The lowest BCUT2D eigenvalue weighted by molar-refractivity contribution is -0.0704. The molecule has 18 heavy (non-hydrogen) atoms. The molecule has 4 nitrogen and oxygen atoms in total. The van der Waals surface area contributed by atoms with Crippen LogP contribution in [-0.2, 0) is 10.2 Å². The molecule has 1 aliphatic rings. The molecule has 4 heteroatoms. The van der Waals surface area contributed by atoms with Gasteiger partial charge in [-0.25, -0.2) is 0 Å². The van der Waals surface area contributed by atoms with Crippen molar-refractivity contribution in [3.05, 3.63) is 23.3 Å². The predicted molar refractivity (Wildman–Crippen MR) is 68.5 cm³/mol. The van der Waals surface area contributed by atoms with E-state index >= 15 is 0 Å². The van der Waals surface area contributed by atoms with Gasteiger partial charge in [0.05, 0.1) is 27.4 Å². The van der Waals surface area contributed by atoms with Crippen LogP contribution in [0.1, 0.15) is 17.5 Å². The summed E-state index contributed by atoms with van der Waals surface area (Å²) in [5, 5.41) is 9.23. The van der Waals surface area contributed by atoms with Gasteiger partial charge in [-0.3, -0.25) is 0 Å². The molecule has 1 fully saturated rings. The van der Waals surface area contributed by atoms with E-state index in [9.17, 15) is 5.11 Å². The van der Waals surface area contributed by atoms with Crippen LogP contribution in [0.2, 0.25) is 0 Å². The average Bonchev–Trinajstić information content (AvgIpc) is 2.34. The highest BCUT2D eigenvalue weighted by Crippen LogP contribution is 2.41. The lowest BCUT2D eigenvalue weighted by atomic mass is 9.74. The smallest absolute Gasteiger partial charge is 0.161 e. The number of aryl methyl sites for hydroxylation is 1. The van der Waals surface area contributed by atoms with Gasteiger partial charge < -0.3 is 19.3 Å². The number of hydrogen-bond acceptors (Lipinski definition) is 4. The molecule has 2 rings (SSSR count). The van der Waals surface area contributed by atoms with E-state index in [1.54, 1.807) is 14.2 Å². The maximum absolute atomic E-state index is 9.23. The van der Waals surface area contributed by atoms with Gasteiger partial charge in [-0.15, -0.1) is 0 Å². The number of benzene rings is 1. The highest BCUT2D eigenvalue weighted by molar-refractivity contribution is 5.50. The first-order valence-corrected chi connectivity index (χ1v) is 6.08. The van der Waals surface area contributed by atoms with E-state index in [0.29, 0.717) is 19.6 Å². The van der Waals surface area contributed by atoms with Crippen LogP contribution in [0.5, 0.6) is 11.5 Å². The Morgan fingerprint density at radius 2 is 1.83 bits per heavy atom. The number of methoxy groups -OCH3 is 2. The number of aliphatic hydroxyl groups excluding tert-OH is 1. The standard InChI is InChI=1S/C14H20O4/c1-10-6-12(16-2)13(17-3)7-11(10)14(4-5-15)8-18-9-14/h6-7,15H,4-5,8-9H2,1-3H3. The van der Waals surface area contributed by atoms with Gasteiger partial charge >= 0.3 is 0 Å². The summed E-state index contributed by atoms with van der Waals surface area (Å²) in [6.45, 7) is 3.53. The van der Waals surface area contributed by atoms with Crippen molar-refractivity contribution in [1.29, 1.82) is 0 Å². The number of hydrogen-bond donors (Lipinski definition) is 1. The maximum Gasteiger partial charge on any atom is 0.161 e. The van der Waals surface area contributed by atoms with Crippen molar-refractivity contribution in [2.24, 2.45) is 0 Å². The lowest BCUT2D eigenvalue weighted by Crippen LogP contribution is -2.47. The van der Waals surface area contributed by atoms with Crippen molar-refractivity contribution in [2.75, 3.05) is 34.0 Å². The molecule has 1 aliphatic heterocycles. The predicted octanol–water partition coefficient (Wildman–Crippen LogP) is 1.66. The van der Waals surface area contributed by atoms with Gasteiger partial charge in [-0.05, 0) is 36.6 Å². The first-order valence-electron chi connectivity index (χ1n) is 6.08. The van der Waals surface area contributed by atoms with E-state index in [1.165, 1.54) is 5.56 Å². The molecule has 0 aliphatic carbocycles. The average molecular weight is 252 g/mol. The second-order valence-corrected chi connectivity index (χ2v) is 4.77. The fraction of sp³-hybridized carbons (Fsp3) is 0.571. The molecule has 1 aromatic carbocycles. The fourth-order valence-corrected chi connectivity index (χ4v) is 2.55. The van der Waals surface area contributed by atoms with Crippen LogP contribution < -0.4 is 9.47 Å². The lowest BCUT2D eigenvalue weighted by Gasteiger charge is -2.42. The van der Waals surface area contributed by atoms with Crippen molar-refractivity contribution in [1.82, 2.24) is 0 Å². The Hall–Kier alpha value is -1.26. The third-order valence-corrected chi connectivity index (χ3v) is 3.65. The summed E-state index contributed by atoms with van der Waals surface area (Å²) in [6, 6.07) is 3.98. The molecule has 100 valence electrons. The minimum atomic E-state index is -0.0710. The van der Waals surface area contributed by atoms with Crippen molar-refractivity contribution in [2.45, 2.75) is 18.8 Å². The SMILES string of the molecule is COc1cc(C)c(C2(CCO)COC2)cc1OC. The van der Waals surface area contributed by atoms with Crippen LogP contribution in [0, 0.1) is 6.92 Å². The molecule has 0 spiro atoms. The number of ether oxygens (including phenoxy) is 3. The number of rotatable bonds is 5. The second kappa shape index (κ2) is 5.16. The molecule has 0 bridgehead atoms. The van der Waals surface area contributed by atoms with Gasteiger partial charge in [-0.2, -0.15) is 0 Å². The van der Waals surface area contributed by atoms with Crippen LogP contribution >= 0.6 is 0 Å². The van der Waals surface area contributed by atoms with Gasteiger partial charge in [0.25, 0.3) is 0 Å². The summed E-state index contributed by atoms with van der Waals surface area (Å²) >= 11 is 0. The highest BCUT2D eigenvalue weighted by Gasteiger charge is 2.41. The van der Waals surface area contributed by atoms with Crippen molar-refractivity contribution in [3.8, 4) is 11.5 Å². The zero-order valence-corrected chi connectivity index (χ0v) is 11.2. The summed E-state index contributed by atoms with van der Waals surface area (Å²) in [5.74, 6) is 1.46. The largest absolute Gasteiger partial charge is 0.493 e. The monoisotopic (exact) mass is 252 g/mol. The Morgan fingerprint density at radius 1 is 1.22 bits per heavy atom. The molecule has 1 saturated heterocycles. The molecule has 0 atom stereocenters. The summed E-state index contributed by atoms with van der Waals surface area (Å²) in [4.78, 5) is 0. The number of aliphatic hydroxyl groups is 1. The molecule has 1 aromatic rings. The van der Waals surface area contributed by atoms with Crippen LogP contribution in [0.4, 0.5) is 0 Å². The summed E-state index contributed by atoms with van der Waals surface area (Å²) in [5.41, 5.74) is 2.25. The van der Waals surface area contributed by atoms with Crippen LogP contribution in [0.3, 0.4) is 0 Å². The Bertz CT molecular complexity index is 424. The molecule has 0 saturated carbocycles. The van der Waals surface area contributed by atoms with E-state index in [0.717, 1.165) is 17.1 Å². The van der Waals surface area contributed by atoms with Crippen LogP contribution in [0.25, 0.3) is 0 Å². The summed E-state index contributed by atoms with van der Waals surface area (Å²) < 4.78 is 16.0. The zero-order valence-electron chi connectivity index (χ0n) is 11.2. The van der Waals surface area contributed by atoms with E-state index in [4.69, 9.17) is 14.2 Å². The zero-order chi connectivity index (χ0) is 13.2. The molecule has 0 aromatic heterocycles. The topological polar surface area (TPSA) is 47.9 Å². The third-order valence-electron chi connectivity index (χ3n) is 3.65. The molecular weight excluding hydrogens is 232 g/mol. The maximum atomic E-state index is 9.23. The van der Waals surface area contributed by atoms with Crippen LogP contribution in [-0.4, -0.2) is 39.1 Å². The molecule has 0 unspecified atom stereocenters. The van der Waals surface area contributed by atoms with E-state index in [1.807, 2.05) is 12.1 Å². The first kappa shape index (κ1) is 13.2. The minimum absolute atomic E-state index is 0.0710. The molecule has 0 radical (unpaired) electrons. The van der Waals surface area contributed by atoms with E-state index in [-0.39, 0.29) is 12.0 Å². The minimum Gasteiger partial charge on any atom is -0.493 e. The molecule has 1 heterocycles. The van der Waals surface area contributed by atoms with Crippen molar-refractivity contribution >= 4 is 0 Å². The molecule has 1 N–H and O–H groups in total. The Morgan fingerprint density at radius 3 is 2.28 bits per heavy atom. The quantitative estimate of drug-likeness (QED) is 0.866. The van der Waals surface area contributed by atoms with Crippen molar-refractivity contribution in [3.63, 3.8) is 0 Å². The van der Waals surface area contributed by atoms with Gasteiger partial charge in [0.2, 0.25) is 0 Å². The Labute approximate surface area is 107 Å². The molecular formula is C14H20O4. The van der Waals surface area contributed by atoms with Gasteiger partial charge in [0.15, 0.2) is 11.5 Å². The summed E-state index contributed by atoms with van der Waals surface area (Å²) in [6.07, 6.45) is 0.712.